The average Bonchev–Trinajstić information content (AvgIpc) is 2.69. The van der Waals surface area contributed by atoms with Crippen molar-refractivity contribution in [1.82, 2.24) is 0 Å². The van der Waals surface area contributed by atoms with Crippen LogP contribution in [-0.4, -0.2) is 5.97 Å². The quantitative estimate of drug-likeness (QED) is 0.539. The van der Waals surface area contributed by atoms with Crippen molar-refractivity contribution in [3.8, 4) is 0 Å². The predicted octanol–water partition coefficient (Wildman–Crippen LogP) is 3.15. The Balaban J connectivity index is 0.00000120. The predicted molar refractivity (Wildman–Crippen MR) is 65.0 cm³/mol. The Hall–Kier alpha value is -1.66. The molecule has 0 unspecified atom stereocenters. The molecule has 2 aromatic carbocycles. The molecule has 0 radical (unpaired) electrons. The molecule has 0 saturated heterocycles. The summed E-state index contributed by atoms with van der Waals surface area (Å²) in [5.41, 5.74) is 2.47. The zero-order chi connectivity index (χ0) is 11.7. The first kappa shape index (κ1) is 12.8. The third-order valence-corrected chi connectivity index (χ3v) is 2.66. The second-order valence-corrected chi connectivity index (χ2v) is 3.78. The van der Waals surface area contributed by atoms with Crippen LogP contribution in [0.25, 0.3) is 11.8 Å². The Morgan fingerprint density at radius 2 is 1.67 bits per heavy atom. The van der Waals surface area contributed by atoms with Crippen molar-refractivity contribution in [2.75, 3.05) is 0 Å². The molecule has 1 heterocycles. The second kappa shape index (κ2) is 5.32. The zero-order valence-corrected chi connectivity index (χ0v) is 12.4. The molecular weight excluding hydrogens is 396 g/mol. The summed E-state index contributed by atoms with van der Waals surface area (Å²) in [5, 5.41) is 0. The van der Waals surface area contributed by atoms with E-state index >= 15 is 0 Å². The molecule has 3 rings (SSSR count). The molecule has 0 spiro atoms. The van der Waals surface area contributed by atoms with E-state index in [4.69, 9.17) is 4.74 Å². The van der Waals surface area contributed by atoms with Crippen molar-refractivity contribution in [3.63, 3.8) is 0 Å². The van der Waals surface area contributed by atoms with Gasteiger partial charge >= 0.3 is 5.97 Å². The van der Waals surface area contributed by atoms with E-state index in [1.165, 1.54) is 0 Å². The van der Waals surface area contributed by atoms with Crippen LogP contribution in [0.2, 0.25) is 0 Å². The van der Waals surface area contributed by atoms with Gasteiger partial charge in [0.15, 0.2) is 0 Å². The van der Waals surface area contributed by atoms with Crippen molar-refractivity contribution in [1.29, 1.82) is 0 Å². The van der Waals surface area contributed by atoms with Crippen LogP contribution in [0.5, 0.6) is 0 Å². The van der Waals surface area contributed by atoms with Gasteiger partial charge in [0.2, 0.25) is 0 Å². The van der Waals surface area contributed by atoms with Gasteiger partial charge in [-0.15, -0.1) is 5.56 Å². The molecule has 0 atom stereocenters. The van der Waals surface area contributed by atoms with E-state index in [0.29, 0.717) is 11.3 Å². The second-order valence-electron chi connectivity index (χ2n) is 3.78. The van der Waals surface area contributed by atoms with E-state index in [-0.39, 0.29) is 27.0 Å². The fourth-order valence-electron chi connectivity index (χ4n) is 1.84. The SMILES string of the molecule is O=C1O/C(=C\c2cc[c-]cc2)c2ccccc21.[W]. The summed E-state index contributed by atoms with van der Waals surface area (Å²) in [7, 11) is 0. The van der Waals surface area contributed by atoms with E-state index < -0.39 is 0 Å². The fraction of sp³-hybridized carbons (Fsp3) is 0. The van der Waals surface area contributed by atoms with Crippen molar-refractivity contribution >= 4 is 17.8 Å². The third kappa shape index (κ3) is 2.30. The van der Waals surface area contributed by atoms with Gasteiger partial charge in [0.25, 0.3) is 0 Å². The fourth-order valence-corrected chi connectivity index (χ4v) is 1.84. The number of ether oxygens (including phenoxy) is 1. The van der Waals surface area contributed by atoms with E-state index in [9.17, 15) is 4.79 Å². The number of fused-ring (bicyclic) bond motifs is 1. The maximum atomic E-state index is 11.6. The van der Waals surface area contributed by atoms with E-state index in [1.807, 2.05) is 48.5 Å². The molecule has 88 valence electrons. The Labute approximate surface area is 120 Å². The molecular formula is C15H9O2W-. The molecule has 0 aromatic heterocycles. The van der Waals surface area contributed by atoms with Gasteiger partial charge in [-0.2, -0.15) is 30.3 Å². The molecule has 0 fully saturated rings. The summed E-state index contributed by atoms with van der Waals surface area (Å²) in [5.74, 6) is 0.325. The molecule has 0 N–H and O–H groups in total. The van der Waals surface area contributed by atoms with Crippen molar-refractivity contribution in [2.24, 2.45) is 0 Å². The van der Waals surface area contributed by atoms with Gasteiger partial charge < -0.3 is 4.74 Å². The Morgan fingerprint density at radius 3 is 2.39 bits per heavy atom. The summed E-state index contributed by atoms with van der Waals surface area (Å²) >= 11 is 0. The summed E-state index contributed by atoms with van der Waals surface area (Å²) in [6, 6.07) is 17.8. The number of hydrogen-bond acceptors (Lipinski definition) is 2. The molecule has 0 amide bonds. The molecule has 0 bridgehead atoms. The number of rotatable bonds is 1. The van der Waals surface area contributed by atoms with Crippen LogP contribution in [0.4, 0.5) is 0 Å². The third-order valence-electron chi connectivity index (χ3n) is 2.66. The minimum absolute atomic E-state index is 0. The van der Waals surface area contributed by atoms with E-state index in [2.05, 4.69) is 6.07 Å². The summed E-state index contributed by atoms with van der Waals surface area (Å²) in [6.45, 7) is 0. The first-order valence-corrected chi connectivity index (χ1v) is 5.34. The van der Waals surface area contributed by atoms with Gasteiger partial charge in [-0.05, 0) is 12.1 Å². The van der Waals surface area contributed by atoms with Gasteiger partial charge in [0.05, 0.1) is 5.56 Å². The molecule has 3 heteroatoms. The molecule has 2 nitrogen and oxygen atoms in total. The normalized spacial score (nSPS) is 14.9. The summed E-state index contributed by atoms with van der Waals surface area (Å²) in [4.78, 5) is 11.6. The Bertz CT molecular complexity index is 603. The van der Waals surface area contributed by atoms with E-state index in [0.717, 1.165) is 11.1 Å². The molecule has 18 heavy (non-hydrogen) atoms. The van der Waals surface area contributed by atoms with Gasteiger partial charge in [0.1, 0.15) is 5.76 Å². The number of carbonyl (C=O) groups excluding carboxylic acids is 1. The first-order chi connectivity index (χ1) is 8.34. The van der Waals surface area contributed by atoms with Crippen molar-refractivity contribution < 1.29 is 30.6 Å². The largest absolute Gasteiger partial charge is 0.422 e. The minimum Gasteiger partial charge on any atom is -0.422 e. The monoisotopic (exact) mass is 405 g/mol. The maximum absolute atomic E-state index is 11.6. The number of hydrogen-bond donors (Lipinski definition) is 0. The van der Waals surface area contributed by atoms with Crippen LogP contribution < -0.4 is 0 Å². The topological polar surface area (TPSA) is 26.3 Å². The van der Waals surface area contributed by atoms with Gasteiger partial charge in [-0.25, -0.2) is 4.79 Å². The minimum atomic E-state index is -0.283. The number of carbonyl (C=O) groups is 1. The summed E-state index contributed by atoms with van der Waals surface area (Å²) < 4.78 is 5.25. The van der Waals surface area contributed by atoms with Crippen LogP contribution in [0.15, 0.2) is 48.5 Å². The molecule has 1 aliphatic heterocycles. The van der Waals surface area contributed by atoms with Crippen molar-refractivity contribution in [2.45, 2.75) is 0 Å². The van der Waals surface area contributed by atoms with Crippen LogP contribution in [0, 0.1) is 6.07 Å². The molecule has 0 aliphatic carbocycles. The standard InChI is InChI=1S/C15H9O2.W/c16-15-13-9-5-4-8-12(13)14(17-15)10-11-6-2-1-3-7-11;/h2-10H;/q-1;/b14-10-;. The van der Waals surface area contributed by atoms with E-state index in [1.54, 1.807) is 6.07 Å². The smallest absolute Gasteiger partial charge is 0.344 e. The average molecular weight is 405 g/mol. The maximum Gasteiger partial charge on any atom is 0.344 e. The van der Waals surface area contributed by atoms with Gasteiger partial charge in [-0.3, -0.25) is 0 Å². The van der Waals surface area contributed by atoms with Crippen molar-refractivity contribution in [3.05, 3.63) is 71.3 Å². The van der Waals surface area contributed by atoms with Crippen LogP contribution in [0.3, 0.4) is 0 Å². The molecule has 2 aromatic rings. The zero-order valence-electron chi connectivity index (χ0n) is 9.42. The Kier molecular flexibility index (Phi) is 3.78. The molecule has 1 aliphatic rings. The van der Waals surface area contributed by atoms with Gasteiger partial charge in [-0.1, -0.05) is 18.2 Å². The van der Waals surface area contributed by atoms with Crippen LogP contribution in [0.1, 0.15) is 21.5 Å². The summed E-state index contributed by atoms with van der Waals surface area (Å²) in [6.07, 6.45) is 1.86. The Morgan fingerprint density at radius 1 is 1.00 bits per heavy atom. The number of esters is 1. The number of benzene rings is 2. The first-order valence-electron chi connectivity index (χ1n) is 5.34. The number of cyclic esters (lactones) is 1. The van der Waals surface area contributed by atoms with Crippen LogP contribution >= 0.6 is 0 Å². The molecule has 0 saturated carbocycles. The van der Waals surface area contributed by atoms with Crippen LogP contribution in [-0.2, 0) is 25.8 Å². The van der Waals surface area contributed by atoms with Gasteiger partial charge in [0, 0.05) is 26.6 Å².